The number of hydrogen-bond donors (Lipinski definition) is 1. The van der Waals surface area contributed by atoms with Crippen molar-refractivity contribution in [3.63, 3.8) is 0 Å². The van der Waals surface area contributed by atoms with Crippen LogP contribution in [0.1, 0.15) is 12.2 Å². The molecule has 1 fully saturated rings. The number of rotatable bonds is 5. The SMILES string of the molecule is Cn1ccnc1CCN1CCCN(CCO)CC1. The van der Waals surface area contributed by atoms with Crippen LogP contribution in [0.2, 0.25) is 0 Å². The largest absolute Gasteiger partial charge is 0.395 e. The molecule has 0 spiro atoms. The Balaban J connectivity index is 1.75. The summed E-state index contributed by atoms with van der Waals surface area (Å²) in [7, 11) is 2.05. The van der Waals surface area contributed by atoms with Gasteiger partial charge < -0.3 is 14.6 Å². The topological polar surface area (TPSA) is 44.5 Å². The fourth-order valence-corrected chi connectivity index (χ4v) is 2.51. The van der Waals surface area contributed by atoms with E-state index in [1.165, 1.54) is 6.42 Å². The van der Waals surface area contributed by atoms with Crippen molar-refractivity contribution < 1.29 is 5.11 Å². The van der Waals surface area contributed by atoms with E-state index < -0.39 is 0 Å². The van der Waals surface area contributed by atoms with Crippen molar-refractivity contribution >= 4 is 0 Å². The average molecular weight is 252 g/mol. The average Bonchev–Trinajstić information content (AvgIpc) is 2.63. The molecule has 0 radical (unpaired) electrons. The molecular formula is C13H24N4O. The van der Waals surface area contributed by atoms with Gasteiger partial charge in [0.15, 0.2) is 0 Å². The number of aliphatic hydroxyl groups excluding tert-OH is 1. The van der Waals surface area contributed by atoms with Gasteiger partial charge in [0.25, 0.3) is 0 Å². The lowest BCUT2D eigenvalue weighted by molar-refractivity contribution is 0.197. The van der Waals surface area contributed by atoms with Crippen molar-refractivity contribution in [3.8, 4) is 0 Å². The summed E-state index contributed by atoms with van der Waals surface area (Å²) in [5.41, 5.74) is 0. The molecule has 1 aliphatic rings. The minimum absolute atomic E-state index is 0.271. The zero-order valence-electron chi connectivity index (χ0n) is 11.3. The molecule has 0 saturated carbocycles. The molecule has 0 aliphatic carbocycles. The van der Waals surface area contributed by atoms with E-state index in [-0.39, 0.29) is 6.61 Å². The van der Waals surface area contributed by atoms with E-state index in [1.54, 1.807) is 0 Å². The van der Waals surface area contributed by atoms with Crippen LogP contribution in [0.5, 0.6) is 0 Å². The second kappa shape index (κ2) is 6.87. The third-order valence-electron chi connectivity index (χ3n) is 3.67. The van der Waals surface area contributed by atoms with Gasteiger partial charge in [0, 0.05) is 52.0 Å². The summed E-state index contributed by atoms with van der Waals surface area (Å²) in [5, 5.41) is 8.97. The lowest BCUT2D eigenvalue weighted by atomic mass is 10.3. The summed E-state index contributed by atoms with van der Waals surface area (Å²) < 4.78 is 2.09. The van der Waals surface area contributed by atoms with Gasteiger partial charge in [-0.3, -0.25) is 4.90 Å². The normalized spacial score (nSPS) is 19.0. The Morgan fingerprint density at radius 1 is 1.17 bits per heavy atom. The fraction of sp³-hybridized carbons (Fsp3) is 0.769. The summed E-state index contributed by atoms with van der Waals surface area (Å²) in [4.78, 5) is 9.21. The van der Waals surface area contributed by atoms with Crippen LogP contribution in [-0.4, -0.2) is 70.3 Å². The van der Waals surface area contributed by atoms with Crippen LogP contribution in [0.25, 0.3) is 0 Å². The summed E-state index contributed by atoms with van der Waals surface area (Å²) in [6, 6.07) is 0. The second-order valence-electron chi connectivity index (χ2n) is 4.96. The Morgan fingerprint density at radius 2 is 1.89 bits per heavy atom. The molecule has 1 saturated heterocycles. The van der Waals surface area contributed by atoms with E-state index >= 15 is 0 Å². The molecule has 18 heavy (non-hydrogen) atoms. The van der Waals surface area contributed by atoms with E-state index in [0.717, 1.165) is 51.5 Å². The Morgan fingerprint density at radius 3 is 2.50 bits per heavy atom. The lowest BCUT2D eigenvalue weighted by Crippen LogP contribution is -2.33. The van der Waals surface area contributed by atoms with E-state index in [4.69, 9.17) is 5.11 Å². The van der Waals surface area contributed by atoms with Gasteiger partial charge in [-0.1, -0.05) is 0 Å². The van der Waals surface area contributed by atoms with Crippen LogP contribution in [0.15, 0.2) is 12.4 Å². The van der Waals surface area contributed by atoms with Gasteiger partial charge in [0.05, 0.1) is 6.61 Å². The van der Waals surface area contributed by atoms with E-state index in [2.05, 4.69) is 19.4 Å². The number of aromatic nitrogens is 2. The van der Waals surface area contributed by atoms with E-state index in [9.17, 15) is 0 Å². The minimum atomic E-state index is 0.271. The van der Waals surface area contributed by atoms with Crippen molar-refractivity contribution in [1.82, 2.24) is 19.4 Å². The van der Waals surface area contributed by atoms with Crippen molar-refractivity contribution in [1.29, 1.82) is 0 Å². The van der Waals surface area contributed by atoms with Gasteiger partial charge in [0.1, 0.15) is 5.82 Å². The lowest BCUT2D eigenvalue weighted by Gasteiger charge is -2.21. The first-order valence-electron chi connectivity index (χ1n) is 6.81. The molecule has 1 aromatic heterocycles. The maximum absolute atomic E-state index is 8.97. The smallest absolute Gasteiger partial charge is 0.109 e. The van der Waals surface area contributed by atoms with E-state index in [0.29, 0.717) is 0 Å². The minimum Gasteiger partial charge on any atom is -0.395 e. The zero-order valence-corrected chi connectivity index (χ0v) is 11.3. The number of imidazole rings is 1. The standard InChI is InChI=1S/C13H24N4O/c1-15-8-4-14-13(15)3-7-16-5-2-6-17(10-9-16)11-12-18/h4,8,18H,2-3,5-7,9-12H2,1H3. The Labute approximate surface area is 109 Å². The van der Waals surface area contributed by atoms with Crippen molar-refractivity contribution in [2.24, 2.45) is 7.05 Å². The molecule has 102 valence electrons. The third-order valence-corrected chi connectivity index (χ3v) is 3.67. The van der Waals surface area contributed by atoms with Gasteiger partial charge in [-0.15, -0.1) is 0 Å². The maximum Gasteiger partial charge on any atom is 0.109 e. The van der Waals surface area contributed by atoms with Crippen molar-refractivity contribution in [2.75, 3.05) is 45.9 Å². The van der Waals surface area contributed by atoms with Gasteiger partial charge >= 0.3 is 0 Å². The second-order valence-corrected chi connectivity index (χ2v) is 4.96. The predicted octanol–water partition coefficient (Wildman–Crippen LogP) is -0.0374. The first-order valence-corrected chi connectivity index (χ1v) is 6.81. The Kier molecular flexibility index (Phi) is 5.16. The van der Waals surface area contributed by atoms with Crippen LogP contribution in [0.3, 0.4) is 0 Å². The summed E-state index contributed by atoms with van der Waals surface area (Å²) in [5.74, 6) is 1.16. The van der Waals surface area contributed by atoms with Crippen molar-refractivity contribution in [2.45, 2.75) is 12.8 Å². The molecule has 0 bridgehead atoms. The third kappa shape index (κ3) is 3.80. The zero-order chi connectivity index (χ0) is 12.8. The molecule has 2 heterocycles. The van der Waals surface area contributed by atoms with Crippen LogP contribution >= 0.6 is 0 Å². The predicted molar refractivity (Wildman–Crippen MR) is 71.5 cm³/mol. The highest BCUT2D eigenvalue weighted by Gasteiger charge is 2.14. The first-order chi connectivity index (χ1) is 8.79. The molecule has 0 atom stereocenters. The van der Waals surface area contributed by atoms with E-state index in [1.807, 2.05) is 19.4 Å². The monoisotopic (exact) mass is 252 g/mol. The summed E-state index contributed by atoms with van der Waals surface area (Å²) in [6.07, 6.45) is 6.07. The highest BCUT2D eigenvalue weighted by atomic mass is 16.3. The van der Waals surface area contributed by atoms with Crippen LogP contribution in [0.4, 0.5) is 0 Å². The molecule has 1 aromatic rings. The molecule has 0 unspecified atom stereocenters. The Bertz CT molecular complexity index is 353. The van der Waals surface area contributed by atoms with Gasteiger partial charge in [-0.2, -0.15) is 0 Å². The molecule has 1 N–H and O–H groups in total. The molecule has 0 amide bonds. The number of aliphatic hydroxyl groups is 1. The molecule has 1 aliphatic heterocycles. The summed E-state index contributed by atoms with van der Waals surface area (Å²) in [6.45, 7) is 6.61. The summed E-state index contributed by atoms with van der Waals surface area (Å²) >= 11 is 0. The molecule has 5 heteroatoms. The van der Waals surface area contributed by atoms with Crippen LogP contribution < -0.4 is 0 Å². The molecular weight excluding hydrogens is 228 g/mol. The maximum atomic E-state index is 8.97. The van der Waals surface area contributed by atoms with Crippen molar-refractivity contribution in [3.05, 3.63) is 18.2 Å². The fourth-order valence-electron chi connectivity index (χ4n) is 2.51. The molecule has 5 nitrogen and oxygen atoms in total. The number of aryl methyl sites for hydroxylation is 1. The molecule has 0 aromatic carbocycles. The molecule has 2 rings (SSSR count). The Hall–Kier alpha value is -0.910. The quantitative estimate of drug-likeness (QED) is 0.799. The number of hydrogen-bond acceptors (Lipinski definition) is 4. The van der Waals surface area contributed by atoms with Crippen LogP contribution in [0, 0.1) is 0 Å². The highest BCUT2D eigenvalue weighted by molar-refractivity contribution is 4.91. The van der Waals surface area contributed by atoms with Gasteiger partial charge in [-0.25, -0.2) is 4.98 Å². The van der Waals surface area contributed by atoms with Gasteiger partial charge in [0.2, 0.25) is 0 Å². The highest BCUT2D eigenvalue weighted by Crippen LogP contribution is 2.04. The number of β-amino-alcohol motifs (C(OH)–C–C–N with tert-alkyl or cyclic N) is 1. The van der Waals surface area contributed by atoms with Crippen LogP contribution in [-0.2, 0) is 13.5 Å². The number of nitrogens with zero attached hydrogens (tertiary/aromatic N) is 4. The first kappa shape index (κ1) is 13.5. The van der Waals surface area contributed by atoms with Gasteiger partial charge in [-0.05, 0) is 19.5 Å².